The molecule has 1 aliphatic heterocycles. The van der Waals surface area contributed by atoms with Crippen LogP contribution >= 0.6 is 0 Å². The largest absolute Gasteiger partial charge is 0.381 e. The van der Waals surface area contributed by atoms with Crippen LogP contribution in [0.15, 0.2) is 45.6 Å². The van der Waals surface area contributed by atoms with Gasteiger partial charge in [-0.1, -0.05) is 12.1 Å². The number of nitrogens with zero attached hydrogens (tertiary/aromatic N) is 2. The molecule has 0 bridgehead atoms. The molecule has 0 radical (unpaired) electrons. The number of anilines is 1. The van der Waals surface area contributed by atoms with E-state index in [0.29, 0.717) is 26.1 Å². The average molecular weight is 355 g/mol. The molecular weight excluding hydrogens is 330 g/mol. The van der Waals surface area contributed by atoms with Crippen LogP contribution in [-0.2, 0) is 20.7 Å². The van der Waals surface area contributed by atoms with Gasteiger partial charge in [0.2, 0.25) is 5.91 Å². The summed E-state index contributed by atoms with van der Waals surface area (Å²) >= 11 is 0. The zero-order valence-electron chi connectivity index (χ0n) is 15.2. The Morgan fingerprint density at radius 2 is 2.15 bits per heavy atom. The molecule has 6 heteroatoms. The fourth-order valence-corrected chi connectivity index (χ4v) is 3.49. The highest BCUT2D eigenvalue weighted by atomic mass is 16.5. The van der Waals surface area contributed by atoms with Gasteiger partial charge in [0.05, 0.1) is 19.1 Å². The van der Waals surface area contributed by atoms with E-state index in [1.165, 1.54) is 0 Å². The maximum atomic E-state index is 11.9. The number of hydrogen-bond acceptors (Lipinski definition) is 4. The van der Waals surface area contributed by atoms with Crippen LogP contribution in [-0.4, -0.2) is 31.1 Å². The van der Waals surface area contributed by atoms with Crippen molar-refractivity contribution in [3.05, 3.63) is 41.0 Å². The molecule has 2 amide bonds. The molecule has 1 heterocycles. The second-order valence-electron chi connectivity index (χ2n) is 6.65. The van der Waals surface area contributed by atoms with E-state index in [2.05, 4.69) is 15.5 Å². The predicted molar refractivity (Wildman–Crippen MR) is 99.0 cm³/mol. The molecule has 1 unspecified atom stereocenters. The molecule has 0 spiro atoms. The second kappa shape index (κ2) is 8.85. The van der Waals surface area contributed by atoms with Crippen molar-refractivity contribution in [3.63, 3.8) is 0 Å². The first-order chi connectivity index (χ1) is 12.7. The van der Waals surface area contributed by atoms with Crippen LogP contribution in [0.1, 0.15) is 44.6 Å². The Balaban J connectivity index is 1.65. The van der Waals surface area contributed by atoms with Crippen LogP contribution in [0.4, 0.5) is 5.69 Å². The lowest BCUT2D eigenvalue weighted by Crippen LogP contribution is -2.23. The first-order valence-corrected chi connectivity index (χ1v) is 9.31. The summed E-state index contributed by atoms with van der Waals surface area (Å²) in [6.07, 6.45) is 4.94. The Morgan fingerprint density at radius 1 is 1.31 bits per heavy atom. The monoisotopic (exact) mass is 355 g/mol. The van der Waals surface area contributed by atoms with Gasteiger partial charge in [-0.15, -0.1) is 5.11 Å². The SMILES string of the molecule is CCOCCC(=O)Nc1cccc(CC2N=NC(=O)C3=C2CCCC3)c1. The summed E-state index contributed by atoms with van der Waals surface area (Å²) in [4.78, 5) is 23.9. The number of nitrogens with one attached hydrogen (secondary N) is 1. The highest BCUT2D eigenvalue weighted by molar-refractivity contribution is 5.95. The number of benzene rings is 1. The molecule has 26 heavy (non-hydrogen) atoms. The van der Waals surface area contributed by atoms with E-state index in [1.54, 1.807) is 0 Å². The summed E-state index contributed by atoms with van der Waals surface area (Å²) < 4.78 is 5.21. The molecular formula is C20H25N3O3. The highest BCUT2D eigenvalue weighted by Crippen LogP contribution is 2.33. The predicted octanol–water partition coefficient (Wildman–Crippen LogP) is 3.83. The van der Waals surface area contributed by atoms with Crippen molar-refractivity contribution in [1.82, 2.24) is 0 Å². The van der Waals surface area contributed by atoms with Crippen LogP contribution in [0.3, 0.4) is 0 Å². The zero-order chi connectivity index (χ0) is 18.4. The Bertz CT molecular complexity index is 740. The van der Waals surface area contributed by atoms with Crippen LogP contribution in [0.2, 0.25) is 0 Å². The number of carbonyl (C=O) groups excluding carboxylic acids is 2. The molecule has 0 saturated carbocycles. The van der Waals surface area contributed by atoms with E-state index in [9.17, 15) is 9.59 Å². The Labute approximate surface area is 153 Å². The van der Waals surface area contributed by atoms with Gasteiger partial charge in [0.25, 0.3) is 5.91 Å². The van der Waals surface area contributed by atoms with Gasteiger partial charge < -0.3 is 10.1 Å². The number of hydrogen-bond donors (Lipinski definition) is 1. The zero-order valence-corrected chi connectivity index (χ0v) is 15.2. The molecule has 0 aromatic heterocycles. The second-order valence-corrected chi connectivity index (χ2v) is 6.65. The molecule has 2 aliphatic rings. The van der Waals surface area contributed by atoms with Crippen LogP contribution in [0.25, 0.3) is 0 Å². The lowest BCUT2D eigenvalue weighted by Gasteiger charge is -2.25. The third kappa shape index (κ3) is 4.64. The Hall–Kier alpha value is -2.34. The molecule has 0 fully saturated rings. The van der Waals surface area contributed by atoms with E-state index in [-0.39, 0.29) is 17.9 Å². The Morgan fingerprint density at radius 3 is 3.00 bits per heavy atom. The van der Waals surface area contributed by atoms with Gasteiger partial charge in [0.1, 0.15) is 0 Å². The number of ether oxygens (including phenoxy) is 1. The topological polar surface area (TPSA) is 80.1 Å². The van der Waals surface area contributed by atoms with Gasteiger partial charge in [0.15, 0.2) is 0 Å². The van der Waals surface area contributed by atoms with Gasteiger partial charge in [-0.2, -0.15) is 5.11 Å². The minimum absolute atomic E-state index is 0.0594. The summed E-state index contributed by atoms with van der Waals surface area (Å²) in [6.45, 7) is 2.94. The average Bonchev–Trinajstić information content (AvgIpc) is 2.65. The first kappa shape index (κ1) is 18.5. The van der Waals surface area contributed by atoms with Crippen molar-refractivity contribution in [1.29, 1.82) is 0 Å². The van der Waals surface area contributed by atoms with Crippen molar-refractivity contribution in [2.75, 3.05) is 18.5 Å². The van der Waals surface area contributed by atoms with Gasteiger partial charge in [0, 0.05) is 24.3 Å². The number of rotatable bonds is 7. The normalized spacial score (nSPS) is 19.4. The van der Waals surface area contributed by atoms with Crippen molar-refractivity contribution >= 4 is 17.5 Å². The highest BCUT2D eigenvalue weighted by Gasteiger charge is 2.28. The summed E-state index contributed by atoms with van der Waals surface area (Å²) in [5, 5.41) is 11.0. The van der Waals surface area contributed by atoms with Crippen molar-refractivity contribution in [3.8, 4) is 0 Å². The molecule has 1 atom stereocenters. The van der Waals surface area contributed by atoms with Crippen molar-refractivity contribution in [2.24, 2.45) is 10.2 Å². The minimum atomic E-state index is -0.161. The van der Waals surface area contributed by atoms with Crippen molar-refractivity contribution in [2.45, 2.75) is 51.5 Å². The lowest BCUT2D eigenvalue weighted by atomic mass is 9.84. The molecule has 3 rings (SSSR count). The van der Waals surface area contributed by atoms with Gasteiger partial charge in [-0.25, -0.2) is 0 Å². The van der Waals surface area contributed by atoms with E-state index >= 15 is 0 Å². The third-order valence-corrected chi connectivity index (χ3v) is 4.78. The number of azo groups is 1. The lowest BCUT2D eigenvalue weighted by molar-refractivity contribution is -0.117. The minimum Gasteiger partial charge on any atom is -0.381 e. The van der Waals surface area contributed by atoms with Gasteiger partial charge in [-0.05, 0) is 55.9 Å². The first-order valence-electron chi connectivity index (χ1n) is 9.31. The summed E-state index contributed by atoms with van der Waals surface area (Å²) in [5.74, 6) is -0.220. The maximum Gasteiger partial charge on any atom is 0.291 e. The molecule has 6 nitrogen and oxygen atoms in total. The molecule has 1 aromatic rings. The molecule has 1 aliphatic carbocycles. The van der Waals surface area contributed by atoms with E-state index in [0.717, 1.165) is 48.1 Å². The summed E-state index contributed by atoms with van der Waals surface area (Å²) in [6, 6.07) is 7.72. The molecule has 1 N–H and O–H groups in total. The van der Waals surface area contributed by atoms with Gasteiger partial charge >= 0.3 is 0 Å². The van der Waals surface area contributed by atoms with E-state index < -0.39 is 0 Å². The van der Waals surface area contributed by atoms with Crippen molar-refractivity contribution < 1.29 is 14.3 Å². The molecule has 138 valence electrons. The molecule has 1 aromatic carbocycles. The van der Waals surface area contributed by atoms with Crippen LogP contribution in [0.5, 0.6) is 0 Å². The summed E-state index contributed by atoms with van der Waals surface area (Å²) in [5.41, 5.74) is 3.87. The maximum absolute atomic E-state index is 11.9. The molecule has 0 saturated heterocycles. The number of amides is 2. The van der Waals surface area contributed by atoms with Gasteiger partial charge in [-0.3, -0.25) is 9.59 Å². The summed E-state index contributed by atoms with van der Waals surface area (Å²) in [7, 11) is 0. The van der Waals surface area contributed by atoms with Crippen LogP contribution < -0.4 is 5.32 Å². The number of carbonyl (C=O) groups is 2. The third-order valence-electron chi connectivity index (χ3n) is 4.78. The quantitative estimate of drug-likeness (QED) is 0.755. The van der Waals surface area contributed by atoms with E-state index in [4.69, 9.17) is 4.74 Å². The fraction of sp³-hybridized carbons (Fsp3) is 0.500. The van der Waals surface area contributed by atoms with Crippen LogP contribution in [0, 0.1) is 0 Å². The smallest absolute Gasteiger partial charge is 0.291 e. The Kier molecular flexibility index (Phi) is 6.28. The standard InChI is InChI=1S/C20H25N3O3/c1-2-26-11-10-19(24)21-15-7-5-6-14(12-15)13-18-16-8-3-4-9-17(16)20(25)23-22-18/h5-7,12,18H,2-4,8-11,13H2,1H3,(H,21,24). The van der Waals surface area contributed by atoms with E-state index in [1.807, 2.05) is 31.2 Å². The fourth-order valence-electron chi connectivity index (χ4n) is 3.49.